The largest absolute Gasteiger partial charge is 0.496 e. The summed E-state index contributed by atoms with van der Waals surface area (Å²) in [6.07, 6.45) is -13.1. The second kappa shape index (κ2) is 23.4. The number of likely N-dealkylation sites (tertiary alicyclic amines) is 1. The number of piperidine rings is 2. The van der Waals surface area contributed by atoms with E-state index in [9.17, 15) is 69.5 Å². The zero-order valence-electron chi connectivity index (χ0n) is 39.3. The standard InChI is InChI=1S/C24H26F6N2O3S.C15H19F3N2O2S.C9H8BrF3O/c1-35-22-8-5-16(13-21(22)24(28,29)30)15-31-11-9-19(10-12-31)32(18-6-7-18)36(33,34)20-4-2-3-17(14-20)23(25,26)27;16-15(17,18)11-2-1-3-14(10-11)23(21,22)20(12-4-5-12)13-6-8-19-9-7-13;1-14-8-3-2-6(5-10)4-7(8)9(11,12)13/h2-5,8,13-14,18-19H,6-7,9-12,15H2,1H3;1-3,10,12-13,19H,4-9H2;2-4H,5H2,1H3. The molecule has 0 spiro atoms. The molecule has 2 saturated heterocycles. The summed E-state index contributed by atoms with van der Waals surface area (Å²) in [5, 5.41) is 3.57. The lowest BCUT2D eigenvalue weighted by molar-refractivity contribution is -0.139. The van der Waals surface area contributed by atoms with Gasteiger partial charge in [-0.25, -0.2) is 16.8 Å². The van der Waals surface area contributed by atoms with E-state index in [0.29, 0.717) is 74.1 Å². The summed E-state index contributed by atoms with van der Waals surface area (Å²) < 4.78 is 220. The normalized spacial score (nSPS) is 17.9. The Morgan fingerprint density at radius 2 is 0.918 bits per heavy atom. The Kier molecular flexibility index (Phi) is 18.6. The molecule has 10 nitrogen and oxygen atoms in total. The molecule has 404 valence electrons. The van der Waals surface area contributed by atoms with E-state index >= 15 is 0 Å². The van der Waals surface area contributed by atoms with E-state index in [1.165, 1.54) is 47.1 Å². The molecule has 25 heteroatoms. The number of benzene rings is 4. The van der Waals surface area contributed by atoms with Crippen LogP contribution in [0.1, 0.15) is 84.7 Å². The highest BCUT2D eigenvalue weighted by Crippen LogP contribution is 2.42. The quantitative estimate of drug-likeness (QED) is 0.104. The maximum Gasteiger partial charge on any atom is 0.419 e. The number of sulfonamides is 2. The van der Waals surface area contributed by atoms with Crippen LogP contribution < -0.4 is 14.8 Å². The first-order chi connectivity index (χ1) is 34.1. The molecule has 2 aliphatic carbocycles. The van der Waals surface area contributed by atoms with Crippen molar-refractivity contribution in [3.05, 3.63) is 118 Å². The predicted octanol–water partition coefficient (Wildman–Crippen LogP) is 11.8. The number of halogens is 13. The van der Waals surface area contributed by atoms with Crippen molar-refractivity contribution in [2.45, 2.75) is 122 Å². The van der Waals surface area contributed by atoms with Crippen molar-refractivity contribution < 1.29 is 79.0 Å². The van der Waals surface area contributed by atoms with Crippen molar-refractivity contribution >= 4 is 36.0 Å². The summed E-state index contributed by atoms with van der Waals surface area (Å²) in [6.45, 7) is 2.60. The molecule has 73 heavy (non-hydrogen) atoms. The molecule has 2 heterocycles. The average Bonchev–Trinajstić information content (AvgIpc) is 4.30. The molecule has 0 atom stereocenters. The van der Waals surface area contributed by atoms with Crippen molar-refractivity contribution in [3.8, 4) is 11.5 Å². The Labute approximate surface area is 424 Å². The van der Waals surface area contributed by atoms with Crippen molar-refractivity contribution in [2.75, 3.05) is 40.4 Å². The lowest BCUT2D eigenvalue weighted by Gasteiger charge is -2.38. The van der Waals surface area contributed by atoms with Crippen molar-refractivity contribution in [3.63, 3.8) is 0 Å². The molecule has 4 aromatic rings. The highest BCUT2D eigenvalue weighted by atomic mass is 79.9. The maximum absolute atomic E-state index is 13.4. The Morgan fingerprint density at radius 3 is 1.29 bits per heavy atom. The van der Waals surface area contributed by atoms with Gasteiger partial charge < -0.3 is 14.8 Å². The zero-order chi connectivity index (χ0) is 53.7. The first-order valence-corrected chi connectivity index (χ1v) is 27.0. The first kappa shape index (κ1) is 58.1. The molecular weight excluding hydrogens is 1100 g/mol. The minimum absolute atomic E-state index is 0.0716. The van der Waals surface area contributed by atoms with Crippen LogP contribution in [0.15, 0.2) is 94.7 Å². The minimum Gasteiger partial charge on any atom is -0.496 e. The number of rotatable bonds is 13. The maximum atomic E-state index is 13.4. The van der Waals surface area contributed by atoms with Gasteiger partial charge in [-0.3, -0.25) is 4.90 Å². The van der Waals surface area contributed by atoms with Gasteiger partial charge >= 0.3 is 24.7 Å². The van der Waals surface area contributed by atoms with Gasteiger partial charge in [-0.2, -0.15) is 61.3 Å². The van der Waals surface area contributed by atoms with Gasteiger partial charge in [0.2, 0.25) is 20.0 Å². The van der Waals surface area contributed by atoms with Gasteiger partial charge in [0.25, 0.3) is 0 Å². The van der Waals surface area contributed by atoms with Crippen LogP contribution in [0.3, 0.4) is 0 Å². The number of ether oxygens (including phenoxy) is 2. The fraction of sp³-hybridized carbons (Fsp3) is 0.500. The highest BCUT2D eigenvalue weighted by Gasteiger charge is 2.46. The third kappa shape index (κ3) is 15.0. The smallest absolute Gasteiger partial charge is 0.419 e. The molecule has 1 N–H and O–H groups in total. The molecule has 0 aromatic heterocycles. The van der Waals surface area contributed by atoms with Crippen molar-refractivity contribution in [1.29, 1.82) is 0 Å². The SMILES string of the molecule is COc1ccc(CBr)cc1C(F)(F)F.COc1ccc(CN2CCC(N(C3CC3)S(=O)(=O)c3cccc(C(F)(F)F)c3)CC2)cc1C(F)(F)F.O=S(=O)(c1cccc(C(F)(F)F)c1)N(C1CCNCC1)C1CC1. The summed E-state index contributed by atoms with van der Waals surface area (Å²) in [7, 11) is -5.67. The van der Waals surface area contributed by atoms with Crippen molar-refractivity contribution in [1.82, 2.24) is 18.8 Å². The average molecular weight is 1150 g/mol. The molecule has 8 rings (SSSR count). The Bertz CT molecular complexity index is 2720. The van der Waals surface area contributed by atoms with Gasteiger partial charge in [-0.1, -0.05) is 40.2 Å². The van der Waals surface area contributed by atoms with Crippen LogP contribution in [0.5, 0.6) is 11.5 Å². The van der Waals surface area contributed by atoms with Crippen LogP contribution in [0.4, 0.5) is 52.7 Å². The van der Waals surface area contributed by atoms with Crippen LogP contribution in [-0.2, 0) is 56.6 Å². The summed E-state index contributed by atoms with van der Waals surface area (Å²) in [5.41, 5.74) is -2.52. The van der Waals surface area contributed by atoms with Crippen LogP contribution in [0.25, 0.3) is 0 Å². The van der Waals surface area contributed by atoms with Crippen LogP contribution in [0, 0.1) is 0 Å². The van der Waals surface area contributed by atoms with E-state index in [4.69, 9.17) is 4.74 Å². The van der Waals surface area contributed by atoms with Crippen LogP contribution in [-0.4, -0.2) is 94.9 Å². The molecule has 0 bridgehead atoms. The Hall–Kier alpha value is -4.14. The Balaban J connectivity index is 0.000000200. The summed E-state index contributed by atoms with van der Waals surface area (Å²) >= 11 is 3.10. The van der Waals surface area contributed by atoms with E-state index in [-0.39, 0.29) is 46.0 Å². The van der Waals surface area contributed by atoms with Gasteiger partial charge in [0.05, 0.1) is 46.3 Å². The summed E-state index contributed by atoms with van der Waals surface area (Å²) in [6, 6.07) is 14.8. The first-order valence-electron chi connectivity index (χ1n) is 23.0. The fourth-order valence-corrected chi connectivity index (χ4v) is 13.0. The molecule has 4 aliphatic rings. The molecule has 4 fully saturated rings. The number of methoxy groups -OCH3 is 2. The lowest BCUT2D eigenvalue weighted by atomic mass is 10.0. The van der Waals surface area contributed by atoms with E-state index in [1.54, 1.807) is 12.1 Å². The second-order valence-electron chi connectivity index (χ2n) is 17.9. The molecule has 0 unspecified atom stereocenters. The number of alkyl halides is 13. The van der Waals surface area contributed by atoms with E-state index < -0.39 is 73.0 Å². The summed E-state index contributed by atoms with van der Waals surface area (Å²) in [5.74, 6) is -0.410. The van der Waals surface area contributed by atoms with E-state index in [0.717, 1.165) is 68.4 Å². The molecule has 2 saturated carbocycles. The Morgan fingerprint density at radius 1 is 0.534 bits per heavy atom. The topological polar surface area (TPSA) is 108 Å². The lowest BCUT2D eigenvalue weighted by Crippen LogP contribution is -2.48. The number of nitrogens with one attached hydrogen (secondary N) is 1. The third-order valence-corrected chi connectivity index (χ3v) is 17.2. The zero-order valence-corrected chi connectivity index (χ0v) is 42.5. The molecule has 4 aromatic carbocycles. The van der Waals surface area contributed by atoms with Gasteiger partial charge in [-0.15, -0.1) is 0 Å². The van der Waals surface area contributed by atoms with Gasteiger partial charge in [0.15, 0.2) is 0 Å². The monoisotopic (exact) mass is 1150 g/mol. The van der Waals surface area contributed by atoms with E-state index in [1.807, 2.05) is 4.90 Å². The number of hydrogen-bond acceptors (Lipinski definition) is 8. The van der Waals surface area contributed by atoms with Gasteiger partial charge in [-0.05, 0) is 136 Å². The minimum atomic E-state index is -4.66. The molecule has 0 radical (unpaired) electrons. The van der Waals surface area contributed by atoms with Crippen LogP contribution >= 0.6 is 15.9 Å². The predicted molar refractivity (Wildman–Crippen MR) is 250 cm³/mol. The number of nitrogens with zero attached hydrogens (tertiary/aromatic N) is 3. The second-order valence-corrected chi connectivity index (χ2v) is 22.1. The molecule has 2 aliphatic heterocycles. The van der Waals surface area contributed by atoms with Crippen LogP contribution in [0.2, 0.25) is 0 Å². The van der Waals surface area contributed by atoms with E-state index in [2.05, 4.69) is 26.0 Å². The number of hydrogen-bond donors (Lipinski definition) is 1. The van der Waals surface area contributed by atoms with Gasteiger partial charge in [0.1, 0.15) is 11.5 Å². The summed E-state index contributed by atoms with van der Waals surface area (Å²) in [4.78, 5) is 1.29. The highest BCUT2D eigenvalue weighted by molar-refractivity contribution is 9.08. The third-order valence-electron chi connectivity index (χ3n) is 12.6. The van der Waals surface area contributed by atoms with Crippen molar-refractivity contribution in [2.24, 2.45) is 0 Å². The fourth-order valence-electron chi connectivity index (χ4n) is 8.73. The molecule has 0 amide bonds. The van der Waals surface area contributed by atoms with Gasteiger partial charge in [0, 0.05) is 49.1 Å². The molecular formula is C48H53BrF12N4O6S2.